The number of ether oxygens (including phenoxy) is 1. The smallest absolute Gasteiger partial charge is 0.227 e. The van der Waals surface area contributed by atoms with E-state index in [0.29, 0.717) is 12.8 Å². The summed E-state index contributed by atoms with van der Waals surface area (Å²) < 4.78 is 6.01. The zero-order valence-corrected chi connectivity index (χ0v) is 14.4. The van der Waals surface area contributed by atoms with Gasteiger partial charge in [0.1, 0.15) is 11.5 Å². The Kier molecular flexibility index (Phi) is 6.23. The molecule has 1 aliphatic rings. The fraction of sp³-hybridized carbons (Fsp3) is 0.562. The topological polar surface area (TPSA) is 61.8 Å². The summed E-state index contributed by atoms with van der Waals surface area (Å²) in [5.41, 5.74) is 0.958. The molecule has 22 heavy (non-hydrogen) atoms. The van der Waals surface area contributed by atoms with Gasteiger partial charge in [0.25, 0.3) is 0 Å². The number of amides is 1. The number of hydrogen-bond acceptors (Lipinski definition) is 4. The molecule has 0 fully saturated rings. The first kappa shape index (κ1) is 18.7. The Morgan fingerprint density at radius 3 is 2.68 bits per heavy atom. The molecule has 1 amide bonds. The number of nitrogens with one attached hydrogen (secondary N) is 1. The van der Waals surface area contributed by atoms with E-state index in [0.717, 1.165) is 23.4 Å². The van der Waals surface area contributed by atoms with Crippen LogP contribution in [-0.4, -0.2) is 30.0 Å². The molecule has 1 aromatic carbocycles. The first-order valence-corrected chi connectivity index (χ1v) is 7.37. The first-order chi connectivity index (χ1) is 9.81. The van der Waals surface area contributed by atoms with Crippen molar-refractivity contribution in [3.05, 3.63) is 23.8 Å². The second-order valence-electron chi connectivity index (χ2n) is 5.92. The van der Waals surface area contributed by atoms with Gasteiger partial charge in [-0.1, -0.05) is 13.0 Å². The Hall–Kier alpha value is -1.30. The van der Waals surface area contributed by atoms with Crippen LogP contribution >= 0.6 is 12.4 Å². The van der Waals surface area contributed by atoms with Gasteiger partial charge in [-0.15, -0.1) is 12.4 Å². The van der Waals surface area contributed by atoms with E-state index < -0.39 is 5.72 Å². The van der Waals surface area contributed by atoms with Crippen LogP contribution in [0.15, 0.2) is 18.2 Å². The molecule has 1 heterocycles. The molecule has 1 unspecified atom stereocenters. The van der Waals surface area contributed by atoms with Gasteiger partial charge in [-0.2, -0.15) is 0 Å². The van der Waals surface area contributed by atoms with Gasteiger partial charge in [0.05, 0.1) is 5.69 Å². The van der Waals surface area contributed by atoms with Crippen LogP contribution in [0.3, 0.4) is 0 Å². The van der Waals surface area contributed by atoms with Crippen LogP contribution < -0.4 is 15.0 Å². The van der Waals surface area contributed by atoms with Gasteiger partial charge >= 0.3 is 0 Å². The third kappa shape index (κ3) is 4.35. The molecule has 5 nitrogen and oxygen atoms in total. The predicted octanol–water partition coefficient (Wildman–Crippen LogP) is 2.45. The van der Waals surface area contributed by atoms with E-state index in [1.54, 1.807) is 25.8 Å². The Bertz CT molecular complexity index is 529. The molecule has 2 rings (SSSR count). The van der Waals surface area contributed by atoms with Crippen LogP contribution in [-0.2, 0) is 11.2 Å². The maximum atomic E-state index is 11.8. The highest BCUT2D eigenvalue weighted by molar-refractivity contribution is 5.96. The van der Waals surface area contributed by atoms with Crippen molar-refractivity contribution in [1.82, 2.24) is 5.32 Å². The number of rotatable bonds is 5. The van der Waals surface area contributed by atoms with Crippen molar-refractivity contribution in [2.24, 2.45) is 0 Å². The van der Waals surface area contributed by atoms with Crippen LogP contribution in [0.25, 0.3) is 0 Å². The molecule has 0 bridgehead atoms. The summed E-state index contributed by atoms with van der Waals surface area (Å²) in [7, 11) is 1.79. The lowest BCUT2D eigenvalue weighted by atomic mass is 10.0. The fourth-order valence-corrected chi connectivity index (χ4v) is 2.53. The third-order valence-electron chi connectivity index (χ3n) is 3.59. The van der Waals surface area contributed by atoms with E-state index in [9.17, 15) is 9.90 Å². The highest BCUT2D eigenvalue weighted by Gasteiger charge is 2.25. The van der Waals surface area contributed by atoms with E-state index >= 15 is 0 Å². The maximum absolute atomic E-state index is 11.8. The molecule has 0 aromatic heterocycles. The molecule has 0 saturated heterocycles. The van der Waals surface area contributed by atoms with Crippen LogP contribution in [0.1, 0.15) is 39.2 Å². The quantitative estimate of drug-likeness (QED) is 0.815. The summed E-state index contributed by atoms with van der Waals surface area (Å²) in [5, 5.41) is 12.9. The maximum Gasteiger partial charge on any atom is 0.227 e. The second-order valence-corrected chi connectivity index (χ2v) is 5.92. The Labute approximate surface area is 138 Å². The molecular weight excluding hydrogens is 304 g/mol. The minimum absolute atomic E-state index is 0. The second kappa shape index (κ2) is 7.31. The summed E-state index contributed by atoms with van der Waals surface area (Å²) in [4.78, 5) is 13.5. The molecule has 0 saturated carbocycles. The van der Waals surface area contributed by atoms with E-state index in [2.05, 4.69) is 5.32 Å². The number of aliphatic hydroxyl groups is 1. The zero-order valence-electron chi connectivity index (χ0n) is 13.5. The number of carbonyl (C=O) groups excluding carboxylic acids is 1. The monoisotopic (exact) mass is 328 g/mol. The van der Waals surface area contributed by atoms with Gasteiger partial charge in [-0.3, -0.25) is 10.1 Å². The highest BCUT2D eigenvalue weighted by Crippen LogP contribution is 2.34. The van der Waals surface area contributed by atoms with Crippen LogP contribution in [0.2, 0.25) is 0 Å². The summed E-state index contributed by atoms with van der Waals surface area (Å²) in [5.74, 6) is 0.900. The standard InChI is InChI=1S/C16H24N2O3.ClH/c1-5-14(17-16(2,3)20)21-13-8-6-7-12-11(13)9-10-15(19)18(12)4;/h6-8,14,17,20H,5,9-10H2,1-4H3;1H. The van der Waals surface area contributed by atoms with Gasteiger partial charge in [0.2, 0.25) is 5.91 Å². The highest BCUT2D eigenvalue weighted by atomic mass is 35.5. The van der Waals surface area contributed by atoms with Crippen molar-refractivity contribution in [2.75, 3.05) is 11.9 Å². The predicted molar refractivity (Wildman–Crippen MR) is 89.6 cm³/mol. The van der Waals surface area contributed by atoms with Crippen molar-refractivity contribution >= 4 is 24.0 Å². The van der Waals surface area contributed by atoms with Crippen LogP contribution in [0.4, 0.5) is 5.69 Å². The summed E-state index contributed by atoms with van der Waals surface area (Å²) in [6, 6.07) is 5.74. The molecule has 0 radical (unpaired) electrons. The number of nitrogens with zero attached hydrogens (tertiary/aromatic N) is 1. The number of halogens is 1. The summed E-state index contributed by atoms with van der Waals surface area (Å²) in [6.45, 7) is 5.37. The normalized spacial score (nSPS) is 15.9. The molecule has 124 valence electrons. The minimum atomic E-state index is -0.998. The van der Waals surface area contributed by atoms with Gasteiger partial charge < -0.3 is 14.7 Å². The molecule has 2 N–H and O–H groups in total. The number of benzene rings is 1. The van der Waals surface area contributed by atoms with Crippen LogP contribution in [0, 0.1) is 0 Å². The van der Waals surface area contributed by atoms with E-state index in [-0.39, 0.29) is 24.5 Å². The fourth-order valence-electron chi connectivity index (χ4n) is 2.53. The number of carbonyl (C=O) groups is 1. The van der Waals surface area contributed by atoms with Crippen molar-refractivity contribution in [3.8, 4) is 5.75 Å². The molecule has 1 atom stereocenters. The van der Waals surface area contributed by atoms with Crippen molar-refractivity contribution in [2.45, 2.75) is 52.0 Å². The lowest BCUT2D eigenvalue weighted by molar-refractivity contribution is -0.118. The van der Waals surface area contributed by atoms with E-state index in [1.807, 2.05) is 25.1 Å². The first-order valence-electron chi connectivity index (χ1n) is 7.37. The van der Waals surface area contributed by atoms with E-state index in [4.69, 9.17) is 4.74 Å². The Balaban J connectivity index is 0.00000242. The third-order valence-corrected chi connectivity index (χ3v) is 3.59. The van der Waals surface area contributed by atoms with Crippen molar-refractivity contribution in [3.63, 3.8) is 0 Å². The molecule has 0 aliphatic carbocycles. The molecule has 1 aromatic rings. The Morgan fingerprint density at radius 1 is 1.41 bits per heavy atom. The van der Waals surface area contributed by atoms with Crippen molar-refractivity contribution in [1.29, 1.82) is 0 Å². The minimum Gasteiger partial charge on any atom is -0.475 e. The average Bonchev–Trinajstić information content (AvgIpc) is 2.41. The van der Waals surface area contributed by atoms with Crippen molar-refractivity contribution < 1.29 is 14.6 Å². The molecular formula is C16H25ClN2O3. The summed E-state index contributed by atoms with van der Waals surface area (Å²) in [6.07, 6.45) is 1.63. The largest absolute Gasteiger partial charge is 0.475 e. The lowest BCUT2D eigenvalue weighted by Crippen LogP contribution is -2.48. The van der Waals surface area contributed by atoms with E-state index in [1.165, 1.54) is 0 Å². The molecule has 6 heteroatoms. The van der Waals surface area contributed by atoms with Gasteiger partial charge in [-0.25, -0.2) is 0 Å². The Morgan fingerprint density at radius 2 is 2.09 bits per heavy atom. The van der Waals surface area contributed by atoms with Gasteiger partial charge in [-0.05, 0) is 38.8 Å². The average molecular weight is 329 g/mol. The molecule has 0 spiro atoms. The summed E-state index contributed by atoms with van der Waals surface area (Å²) >= 11 is 0. The van der Waals surface area contributed by atoms with Gasteiger partial charge in [0, 0.05) is 19.0 Å². The number of fused-ring (bicyclic) bond motifs is 1. The SMILES string of the molecule is CCC(NC(C)(C)O)Oc1cccc2c1CCC(=O)N2C.Cl. The molecule has 1 aliphatic heterocycles. The number of hydrogen-bond donors (Lipinski definition) is 2. The van der Waals surface area contributed by atoms with Crippen LogP contribution in [0.5, 0.6) is 5.75 Å². The zero-order chi connectivity index (χ0) is 15.6. The van der Waals surface area contributed by atoms with Gasteiger partial charge in [0.15, 0.2) is 6.23 Å². The lowest BCUT2D eigenvalue weighted by Gasteiger charge is -2.31. The number of anilines is 1.